The van der Waals surface area contributed by atoms with E-state index in [4.69, 9.17) is 13.9 Å². The SMILES string of the molecule is C(=NNc1nc(N2CCOCC2)nc(N2CCOCC2)n1)c1ccco1. The minimum atomic E-state index is 0.394. The van der Waals surface area contributed by atoms with E-state index in [0.29, 0.717) is 50.0 Å². The molecular formula is C16H21N7O3. The van der Waals surface area contributed by atoms with Crippen molar-refractivity contribution in [2.75, 3.05) is 67.8 Å². The molecule has 4 heterocycles. The van der Waals surface area contributed by atoms with Crippen LogP contribution >= 0.6 is 0 Å². The van der Waals surface area contributed by atoms with Gasteiger partial charge in [0.05, 0.1) is 38.9 Å². The van der Waals surface area contributed by atoms with Crippen molar-refractivity contribution in [3.63, 3.8) is 0 Å². The van der Waals surface area contributed by atoms with Crippen LogP contribution < -0.4 is 15.2 Å². The van der Waals surface area contributed by atoms with E-state index >= 15 is 0 Å². The van der Waals surface area contributed by atoms with Gasteiger partial charge in [0.15, 0.2) is 0 Å². The quantitative estimate of drug-likeness (QED) is 0.607. The summed E-state index contributed by atoms with van der Waals surface area (Å²) >= 11 is 0. The van der Waals surface area contributed by atoms with E-state index in [9.17, 15) is 0 Å². The van der Waals surface area contributed by atoms with Crippen LogP contribution in [0.1, 0.15) is 5.76 Å². The molecule has 2 aliphatic heterocycles. The molecule has 0 aliphatic carbocycles. The molecule has 4 rings (SSSR count). The van der Waals surface area contributed by atoms with Crippen molar-refractivity contribution in [3.8, 4) is 0 Å². The maximum atomic E-state index is 5.41. The van der Waals surface area contributed by atoms with E-state index in [-0.39, 0.29) is 0 Å². The Hall–Kier alpha value is -2.72. The van der Waals surface area contributed by atoms with Crippen molar-refractivity contribution < 1.29 is 13.9 Å². The zero-order chi connectivity index (χ0) is 17.6. The number of morpholine rings is 2. The maximum absolute atomic E-state index is 5.41. The summed E-state index contributed by atoms with van der Waals surface area (Å²) in [6.45, 7) is 5.67. The minimum Gasteiger partial charge on any atom is -0.463 e. The lowest BCUT2D eigenvalue weighted by atomic mass is 10.4. The van der Waals surface area contributed by atoms with Crippen LogP contribution in [0.15, 0.2) is 27.9 Å². The second-order valence-corrected chi connectivity index (χ2v) is 5.84. The largest absolute Gasteiger partial charge is 0.463 e. The Balaban J connectivity index is 1.56. The third-order valence-corrected chi connectivity index (χ3v) is 4.10. The van der Waals surface area contributed by atoms with Gasteiger partial charge in [-0.25, -0.2) is 5.43 Å². The number of ether oxygens (including phenoxy) is 2. The van der Waals surface area contributed by atoms with Gasteiger partial charge in [-0.2, -0.15) is 20.1 Å². The van der Waals surface area contributed by atoms with Crippen molar-refractivity contribution in [2.24, 2.45) is 5.10 Å². The van der Waals surface area contributed by atoms with Crippen LogP contribution in [0.4, 0.5) is 17.8 Å². The molecule has 138 valence electrons. The standard InChI is InChI=1S/C16H21N7O3/c1-2-13(26-7-1)12-17-21-14-18-15(22-3-8-24-9-4-22)20-16(19-14)23-5-10-25-11-6-23/h1-2,7,12H,3-6,8-11H2,(H,18,19,20,21). The fourth-order valence-corrected chi connectivity index (χ4v) is 2.73. The van der Waals surface area contributed by atoms with E-state index in [0.717, 1.165) is 26.2 Å². The highest BCUT2D eigenvalue weighted by Gasteiger charge is 2.20. The molecule has 2 aromatic heterocycles. The Kier molecular flexibility index (Phi) is 5.22. The number of aromatic nitrogens is 3. The highest BCUT2D eigenvalue weighted by molar-refractivity contribution is 5.76. The van der Waals surface area contributed by atoms with Crippen LogP contribution in [0, 0.1) is 0 Å². The molecule has 10 nitrogen and oxygen atoms in total. The first-order valence-electron chi connectivity index (χ1n) is 8.62. The summed E-state index contributed by atoms with van der Waals surface area (Å²) in [7, 11) is 0. The normalized spacial score (nSPS) is 18.5. The number of anilines is 3. The van der Waals surface area contributed by atoms with E-state index in [1.807, 2.05) is 6.07 Å². The Labute approximate surface area is 150 Å². The van der Waals surface area contributed by atoms with Crippen molar-refractivity contribution in [3.05, 3.63) is 24.2 Å². The maximum Gasteiger partial charge on any atom is 0.250 e. The molecule has 0 saturated carbocycles. The lowest BCUT2D eigenvalue weighted by Crippen LogP contribution is -2.40. The van der Waals surface area contributed by atoms with Gasteiger partial charge in [-0.3, -0.25) is 0 Å². The highest BCUT2D eigenvalue weighted by Crippen LogP contribution is 2.18. The molecule has 0 radical (unpaired) electrons. The fourth-order valence-electron chi connectivity index (χ4n) is 2.73. The van der Waals surface area contributed by atoms with Crippen LogP contribution in [0.25, 0.3) is 0 Å². The average Bonchev–Trinajstić information content (AvgIpc) is 3.23. The van der Waals surface area contributed by atoms with E-state index in [1.54, 1.807) is 18.5 Å². The van der Waals surface area contributed by atoms with Crippen LogP contribution in [0.2, 0.25) is 0 Å². The molecule has 2 aromatic rings. The van der Waals surface area contributed by atoms with Gasteiger partial charge >= 0.3 is 0 Å². The molecule has 0 aromatic carbocycles. The zero-order valence-electron chi connectivity index (χ0n) is 14.4. The highest BCUT2D eigenvalue weighted by atomic mass is 16.5. The number of nitrogens with one attached hydrogen (secondary N) is 1. The van der Waals surface area contributed by atoms with Gasteiger partial charge in [-0.15, -0.1) is 0 Å². The van der Waals surface area contributed by atoms with Crippen LogP contribution in [-0.4, -0.2) is 73.8 Å². The molecule has 10 heteroatoms. The molecule has 0 bridgehead atoms. The Morgan fingerprint density at radius 1 is 0.923 bits per heavy atom. The Morgan fingerprint density at radius 3 is 2.08 bits per heavy atom. The number of nitrogens with zero attached hydrogens (tertiary/aromatic N) is 6. The predicted molar refractivity (Wildman–Crippen MR) is 95.8 cm³/mol. The molecular weight excluding hydrogens is 338 g/mol. The van der Waals surface area contributed by atoms with E-state index in [2.05, 4.69) is 35.3 Å². The Morgan fingerprint density at radius 2 is 1.54 bits per heavy atom. The van der Waals surface area contributed by atoms with E-state index < -0.39 is 0 Å². The van der Waals surface area contributed by atoms with Gasteiger partial charge in [-0.1, -0.05) is 0 Å². The minimum absolute atomic E-state index is 0.394. The topological polar surface area (TPSA) is 101 Å². The average molecular weight is 359 g/mol. The smallest absolute Gasteiger partial charge is 0.250 e. The second kappa shape index (κ2) is 8.11. The number of hydrogen-bond acceptors (Lipinski definition) is 10. The zero-order valence-corrected chi connectivity index (χ0v) is 14.4. The molecule has 0 amide bonds. The van der Waals surface area contributed by atoms with Gasteiger partial charge in [0.2, 0.25) is 17.8 Å². The van der Waals surface area contributed by atoms with Gasteiger partial charge in [-0.05, 0) is 12.1 Å². The van der Waals surface area contributed by atoms with Gasteiger partial charge < -0.3 is 23.7 Å². The van der Waals surface area contributed by atoms with Crippen LogP contribution in [0.5, 0.6) is 0 Å². The summed E-state index contributed by atoms with van der Waals surface area (Å²) in [6, 6.07) is 3.62. The van der Waals surface area contributed by atoms with Crippen molar-refractivity contribution >= 4 is 24.1 Å². The summed E-state index contributed by atoms with van der Waals surface area (Å²) in [4.78, 5) is 17.8. The molecule has 0 atom stereocenters. The summed E-state index contributed by atoms with van der Waals surface area (Å²) in [5.41, 5.74) is 2.87. The lowest BCUT2D eigenvalue weighted by molar-refractivity contribution is 0.121. The molecule has 0 spiro atoms. The molecule has 2 aliphatic rings. The molecule has 2 saturated heterocycles. The number of hydrazone groups is 1. The lowest BCUT2D eigenvalue weighted by Gasteiger charge is -2.30. The van der Waals surface area contributed by atoms with E-state index in [1.165, 1.54) is 0 Å². The van der Waals surface area contributed by atoms with Crippen molar-refractivity contribution in [1.29, 1.82) is 0 Å². The molecule has 26 heavy (non-hydrogen) atoms. The predicted octanol–water partition coefficient (Wildman–Crippen LogP) is 0.584. The molecule has 1 N–H and O–H groups in total. The summed E-state index contributed by atoms with van der Waals surface area (Å²) in [5.74, 6) is 2.29. The Bertz CT molecular complexity index is 689. The second-order valence-electron chi connectivity index (χ2n) is 5.84. The summed E-state index contributed by atoms with van der Waals surface area (Å²) < 4.78 is 16.1. The van der Waals surface area contributed by atoms with Gasteiger partial charge in [0, 0.05) is 26.2 Å². The number of furan rings is 1. The third kappa shape index (κ3) is 4.09. The first kappa shape index (κ1) is 16.7. The monoisotopic (exact) mass is 359 g/mol. The number of rotatable bonds is 5. The van der Waals surface area contributed by atoms with Crippen LogP contribution in [0.3, 0.4) is 0 Å². The van der Waals surface area contributed by atoms with Crippen molar-refractivity contribution in [2.45, 2.75) is 0 Å². The first-order valence-corrected chi connectivity index (χ1v) is 8.62. The van der Waals surface area contributed by atoms with Gasteiger partial charge in [0.1, 0.15) is 5.76 Å². The number of hydrogen-bond donors (Lipinski definition) is 1. The van der Waals surface area contributed by atoms with Crippen molar-refractivity contribution in [1.82, 2.24) is 15.0 Å². The van der Waals surface area contributed by atoms with Gasteiger partial charge in [0.25, 0.3) is 0 Å². The van der Waals surface area contributed by atoms with Crippen LogP contribution in [-0.2, 0) is 9.47 Å². The summed E-state index contributed by atoms with van der Waals surface area (Å²) in [6.07, 6.45) is 3.17. The third-order valence-electron chi connectivity index (χ3n) is 4.10. The summed E-state index contributed by atoms with van der Waals surface area (Å²) in [5, 5.41) is 4.15. The molecule has 2 fully saturated rings. The molecule has 0 unspecified atom stereocenters. The fraction of sp³-hybridized carbons (Fsp3) is 0.500. The first-order chi connectivity index (χ1) is 12.9.